The lowest BCUT2D eigenvalue weighted by atomic mass is 10.2. The van der Waals surface area contributed by atoms with Gasteiger partial charge >= 0.3 is 5.97 Å². The van der Waals surface area contributed by atoms with Crippen LogP contribution in [0.15, 0.2) is 12.7 Å². The van der Waals surface area contributed by atoms with Gasteiger partial charge in [0.1, 0.15) is 23.8 Å². The zero-order valence-corrected chi connectivity index (χ0v) is 9.84. The molecule has 0 aliphatic carbocycles. The number of hydrogen-bond donors (Lipinski definition) is 1. The Morgan fingerprint density at radius 2 is 2.06 bits per heavy atom. The van der Waals surface area contributed by atoms with Crippen molar-refractivity contribution in [3.63, 3.8) is 0 Å². The van der Waals surface area contributed by atoms with Gasteiger partial charge in [0.25, 0.3) is 0 Å². The Morgan fingerprint density at radius 3 is 2.71 bits per heavy atom. The van der Waals surface area contributed by atoms with Gasteiger partial charge in [-0.2, -0.15) is 0 Å². The monoisotopic (exact) mass is 235 g/mol. The van der Waals surface area contributed by atoms with Gasteiger partial charge < -0.3 is 10.6 Å². The van der Waals surface area contributed by atoms with Crippen molar-refractivity contribution in [3.05, 3.63) is 18.3 Å². The van der Waals surface area contributed by atoms with Gasteiger partial charge in [-0.3, -0.25) is 0 Å². The van der Waals surface area contributed by atoms with E-state index in [2.05, 4.69) is 15.0 Å². The Hall–Kier alpha value is -2.18. The fraction of sp³-hybridized carbons (Fsp3) is 0.400. The summed E-state index contributed by atoms with van der Waals surface area (Å²) in [6.07, 6.45) is 2.62. The van der Waals surface area contributed by atoms with Gasteiger partial charge in [-0.15, -0.1) is 0 Å². The van der Waals surface area contributed by atoms with E-state index in [4.69, 9.17) is 10.6 Å². The highest BCUT2D eigenvalue weighted by Gasteiger charge is 2.22. The van der Waals surface area contributed by atoms with Crippen LogP contribution in [0.25, 0.3) is 11.2 Å². The summed E-state index contributed by atoms with van der Waals surface area (Å²) in [4.78, 5) is 23.7. The second-order valence-corrected chi connectivity index (χ2v) is 4.55. The first kappa shape index (κ1) is 11.3. The van der Waals surface area contributed by atoms with E-state index < -0.39 is 11.6 Å². The van der Waals surface area contributed by atoms with Gasteiger partial charge in [0.05, 0.1) is 0 Å². The molecule has 0 saturated heterocycles. The fourth-order valence-electron chi connectivity index (χ4n) is 1.33. The predicted molar refractivity (Wildman–Crippen MR) is 60.6 cm³/mol. The summed E-state index contributed by atoms with van der Waals surface area (Å²) in [5, 5.41) is 0. The fourth-order valence-corrected chi connectivity index (χ4v) is 1.33. The van der Waals surface area contributed by atoms with Crippen LogP contribution in [0.5, 0.6) is 0 Å². The standard InChI is InChI=1S/C10H13N5O2/c1-10(2,3)17-9(16)7-6-8(13-4-12-7)15(11)5-14-6/h4-5H,11H2,1-3H3. The van der Waals surface area contributed by atoms with Gasteiger partial charge in [0, 0.05) is 0 Å². The van der Waals surface area contributed by atoms with E-state index in [1.165, 1.54) is 17.3 Å². The van der Waals surface area contributed by atoms with Crippen LogP contribution in [0.4, 0.5) is 0 Å². The highest BCUT2D eigenvalue weighted by molar-refractivity contribution is 5.98. The first-order chi connectivity index (χ1) is 7.88. The molecule has 2 heterocycles. The SMILES string of the molecule is CC(C)(C)OC(=O)c1ncnc2c1ncn2N. The number of ether oxygens (including phenoxy) is 1. The summed E-state index contributed by atoms with van der Waals surface area (Å²) in [6.45, 7) is 5.35. The van der Waals surface area contributed by atoms with Crippen molar-refractivity contribution in [1.29, 1.82) is 0 Å². The van der Waals surface area contributed by atoms with E-state index in [1.807, 2.05) is 0 Å². The van der Waals surface area contributed by atoms with Crippen LogP contribution in [-0.4, -0.2) is 31.2 Å². The summed E-state index contributed by atoms with van der Waals surface area (Å²) in [7, 11) is 0. The van der Waals surface area contributed by atoms with E-state index in [0.29, 0.717) is 11.2 Å². The molecule has 0 aliphatic rings. The van der Waals surface area contributed by atoms with E-state index in [-0.39, 0.29) is 5.69 Å². The Bertz CT molecular complexity index is 570. The molecule has 2 aromatic rings. The molecule has 0 amide bonds. The van der Waals surface area contributed by atoms with Crippen molar-refractivity contribution in [2.75, 3.05) is 5.84 Å². The van der Waals surface area contributed by atoms with Crippen LogP contribution in [-0.2, 0) is 4.74 Å². The molecule has 0 bridgehead atoms. The number of esters is 1. The molecule has 2 N–H and O–H groups in total. The van der Waals surface area contributed by atoms with E-state index in [0.717, 1.165) is 0 Å². The van der Waals surface area contributed by atoms with Crippen LogP contribution >= 0.6 is 0 Å². The topological polar surface area (TPSA) is 95.9 Å². The second kappa shape index (κ2) is 3.69. The van der Waals surface area contributed by atoms with Crippen molar-refractivity contribution in [2.45, 2.75) is 26.4 Å². The van der Waals surface area contributed by atoms with Crippen LogP contribution in [0.1, 0.15) is 31.3 Å². The number of hydrogen-bond acceptors (Lipinski definition) is 6. The summed E-state index contributed by atoms with van der Waals surface area (Å²) in [5.41, 5.74) is 0.263. The molecule has 90 valence electrons. The lowest BCUT2D eigenvalue weighted by molar-refractivity contribution is 0.00650. The number of fused-ring (bicyclic) bond motifs is 1. The summed E-state index contributed by atoms with van der Waals surface area (Å²) < 4.78 is 6.45. The van der Waals surface area contributed by atoms with Crippen molar-refractivity contribution < 1.29 is 9.53 Å². The van der Waals surface area contributed by atoms with Gasteiger partial charge in [0.15, 0.2) is 11.3 Å². The summed E-state index contributed by atoms with van der Waals surface area (Å²) in [6, 6.07) is 0. The molecule has 17 heavy (non-hydrogen) atoms. The number of carbonyl (C=O) groups excluding carboxylic acids is 1. The largest absolute Gasteiger partial charge is 0.455 e. The number of rotatable bonds is 1. The lowest BCUT2D eigenvalue weighted by Gasteiger charge is -2.18. The minimum atomic E-state index is -0.584. The maximum atomic E-state index is 11.9. The average molecular weight is 235 g/mol. The first-order valence-electron chi connectivity index (χ1n) is 5.05. The molecule has 7 nitrogen and oxygen atoms in total. The number of nitrogens with two attached hydrogens (primary N) is 1. The molecule has 2 rings (SSSR count). The quantitative estimate of drug-likeness (QED) is 0.571. The molecule has 0 radical (unpaired) electrons. The number of nitrogen functional groups attached to an aromatic ring is 1. The third-order valence-electron chi connectivity index (χ3n) is 1.95. The smallest absolute Gasteiger partial charge is 0.359 e. The first-order valence-corrected chi connectivity index (χ1v) is 5.05. The third-order valence-corrected chi connectivity index (χ3v) is 1.95. The van der Waals surface area contributed by atoms with Crippen LogP contribution in [0.2, 0.25) is 0 Å². The van der Waals surface area contributed by atoms with E-state index in [9.17, 15) is 4.79 Å². The number of aromatic nitrogens is 4. The van der Waals surface area contributed by atoms with Crippen molar-refractivity contribution in [1.82, 2.24) is 19.6 Å². The van der Waals surface area contributed by atoms with Crippen LogP contribution in [0.3, 0.4) is 0 Å². The van der Waals surface area contributed by atoms with Crippen LogP contribution < -0.4 is 5.84 Å². The molecule has 7 heteroatoms. The molecule has 2 aromatic heterocycles. The zero-order valence-electron chi connectivity index (χ0n) is 9.84. The molecule has 0 saturated carbocycles. The maximum Gasteiger partial charge on any atom is 0.359 e. The Morgan fingerprint density at radius 1 is 1.35 bits per heavy atom. The highest BCUT2D eigenvalue weighted by Crippen LogP contribution is 2.15. The number of imidazole rings is 1. The molecular formula is C10H13N5O2. The van der Waals surface area contributed by atoms with Crippen molar-refractivity contribution >= 4 is 17.1 Å². The molecule has 0 spiro atoms. The van der Waals surface area contributed by atoms with E-state index >= 15 is 0 Å². The minimum Gasteiger partial charge on any atom is -0.455 e. The molecule has 0 aromatic carbocycles. The van der Waals surface area contributed by atoms with Gasteiger partial charge in [0.2, 0.25) is 0 Å². The van der Waals surface area contributed by atoms with Gasteiger partial charge in [-0.05, 0) is 20.8 Å². The third kappa shape index (κ3) is 2.17. The van der Waals surface area contributed by atoms with Gasteiger partial charge in [-0.25, -0.2) is 24.4 Å². The molecule has 0 unspecified atom stereocenters. The number of nitrogens with zero attached hydrogens (tertiary/aromatic N) is 4. The van der Waals surface area contributed by atoms with Crippen molar-refractivity contribution in [2.24, 2.45) is 0 Å². The van der Waals surface area contributed by atoms with Crippen molar-refractivity contribution in [3.8, 4) is 0 Å². The second-order valence-electron chi connectivity index (χ2n) is 4.55. The maximum absolute atomic E-state index is 11.9. The van der Waals surface area contributed by atoms with E-state index in [1.54, 1.807) is 20.8 Å². The normalized spacial score (nSPS) is 11.7. The minimum absolute atomic E-state index is 0.120. The summed E-state index contributed by atoms with van der Waals surface area (Å²) >= 11 is 0. The summed E-state index contributed by atoms with van der Waals surface area (Å²) in [5.74, 6) is 5.05. The predicted octanol–water partition coefficient (Wildman–Crippen LogP) is 0.495. The Balaban J connectivity index is 2.45. The molecule has 0 atom stereocenters. The Labute approximate surface area is 97.6 Å². The van der Waals surface area contributed by atoms with Crippen LogP contribution in [0, 0.1) is 0 Å². The number of carbonyl (C=O) groups is 1. The molecular weight excluding hydrogens is 222 g/mol. The highest BCUT2D eigenvalue weighted by atomic mass is 16.6. The average Bonchev–Trinajstić information content (AvgIpc) is 2.58. The zero-order chi connectivity index (χ0) is 12.6. The lowest BCUT2D eigenvalue weighted by Crippen LogP contribution is -2.24. The molecule has 0 aliphatic heterocycles. The molecule has 0 fully saturated rings. The van der Waals surface area contributed by atoms with Gasteiger partial charge in [-0.1, -0.05) is 0 Å². The Kier molecular flexibility index (Phi) is 2.45.